The van der Waals surface area contributed by atoms with E-state index in [0.29, 0.717) is 19.4 Å². The molecule has 5 nitrogen and oxygen atoms in total. The fourth-order valence-corrected chi connectivity index (χ4v) is 8.45. The van der Waals surface area contributed by atoms with Crippen molar-refractivity contribution in [3.05, 3.63) is 48.6 Å². The van der Waals surface area contributed by atoms with E-state index in [2.05, 4.69) is 69.4 Å². The van der Waals surface area contributed by atoms with Crippen molar-refractivity contribution in [3.63, 3.8) is 0 Å². The van der Waals surface area contributed by atoms with Gasteiger partial charge in [-0.05, 0) is 83.5 Å². The summed E-state index contributed by atoms with van der Waals surface area (Å²) in [4.78, 5) is 25.5. The third-order valence-electron chi connectivity index (χ3n) is 12.8. The molecule has 66 heavy (non-hydrogen) atoms. The summed E-state index contributed by atoms with van der Waals surface area (Å²) in [6.07, 6.45) is 71.3. The second-order valence-corrected chi connectivity index (χ2v) is 19.5. The van der Waals surface area contributed by atoms with Crippen molar-refractivity contribution < 1.29 is 23.8 Å². The topological polar surface area (TPSA) is 61.8 Å². The van der Waals surface area contributed by atoms with E-state index in [-0.39, 0.29) is 25.2 Å². The summed E-state index contributed by atoms with van der Waals surface area (Å²) in [5.41, 5.74) is 0. The van der Waals surface area contributed by atoms with Crippen LogP contribution in [0, 0.1) is 0 Å². The zero-order valence-corrected chi connectivity index (χ0v) is 44.5. The van der Waals surface area contributed by atoms with E-state index >= 15 is 0 Å². The van der Waals surface area contributed by atoms with Gasteiger partial charge in [-0.3, -0.25) is 9.59 Å². The molecule has 0 aliphatic rings. The Morgan fingerprint density at radius 2 is 0.636 bits per heavy atom. The molecule has 5 heteroatoms. The number of allylic oxidation sites excluding steroid dienone is 8. The molecule has 1 unspecified atom stereocenters. The number of hydrogen-bond acceptors (Lipinski definition) is 5. The molecule has 0 aliphatic heterocycles. The van der Waals surface area contributed by atoms with Crippen LogP contribution in [0.2, 0.25) is 0 Å². The molecule has 0 amide bonds. The van der Waals surface area contributed by atoms with Crippen molar-refractivity contribution in [2.75, 3.05) is 19.8 Å². The van der Waals surface area contributed by atoms with E-state index in [9.17, 15) is 9.59 Å². The fraction of sp³-hybridized carbons (Fsp3) is 0.836. The molecular formula is C61H112O5. The van der Waals surface area contributed by atoms with Crippen LogP contribution in [0.4, 0.5) is 0 Å². The summed E-state index contributed by atoms with van der Waals surface area (Å²) in [6.45, 7) is 7.82. The maximum absolute atomic E-state index is 12.8. The van der Waals surface area contributed by atoms with Gasteiger partial charge in [-0.15, -0.1) is 0 Å². The smallest absolute Gasteiger partial charge is 0.306 e. The van der Waals surface area contributed by atoms with Crippen molar-refractivity contribution in [3.8, 4) is 0 Å². The second kappa shape index (κ2) is 57.2. The van der Waals surface area contributed by atoms with E-state index in [1.54, 1.807) is 0 Å². The molecule has 0 saturated carbocycles. The lowest BCUT2D eigenvalue weighted by molar-refractivity contribution is -0.163. The Bertz CT molecular complexity index is 1090. The Labute approximate surface area is 412 Å². The van der Waals surface area contributed by atoms with Gasteiger partial charge < -0.3 is 14.2 Å². The molecule has 0 fully saturated rings. The number of unbranched alkanes of at least 4 members (excludes halogenated alkanes) is 35. The highest BCUT2D eigenvalue weighted by molar-refractivity contribution is 5.70. The normalized spacial score (nSPS) is 12.5. The summed E-state index contributed by atoms with van der Waals surface area (Å²) >= 11 is 0. The quantitative estimate of drug-likeness (QED) is 0.0345. The molecule has 0 aliphatic carbocycles. The highest BCUT2D eigenvalue weighted by Gasteiger charge is 2.17. The molecule has 0 bridgehead atoms. The van der Waals surface area contributed by atoms with Crippen LogP contribution >= 0.6 is 0 Å². The molecular weight excluding hydrogens is 813 g/mol. The number of carbonyl (C=O) groups is 2. The Hall–Kier alpha value is -2.14. The maximum atomic E-state index is 12.8. The minimum Gasteiger partial charge on any atom is -0.462 e. The first-order valence-electron chi connectivity index (χ1n) is 29.2. The zero-order valence-electron chi connectivity index (χ0n) is 44.5. The van der Waals surface area contributed by atoms with Gasteiger partial charge in [-0.1, -0.05) is 256 Å². The van der Waals surface area contributed by atoms with Crippen LogP contribution in [-0.4, -0.2) is 37.9 Å². The number of ether oxygens (including phenoxy) is 3. The third kappa shape index (κ3) is 54.5. The van der Waals surface area contributed by atoms with Crippen molar-refractivity contribution in [1.82, 2.24) is 0 Å². The van der Waals surface area contributed by atoms with Gasteiger partial charge in [0.2, 0.25) is 0 Å². The van der Waals surface area contributed by atoms with Crippen LogP contribution in [-0.2, 0) is 23.8 Å². The van der Waals surface area contributed by atoms with E-state index in [1.807, 2.05) is 0 Å². The highest BCUT2D eigenvalue weighted by Crippen LogP contribution is 2.16. The minimum atomic E-state index is -0.543. The predicted molar refractivity (Wildman–Crippen MR) is 288 cm³/mol. The third-order valence-corrected chi connectivity index (χ3v) is 12.8. The average Bonchev–Trinajstić information content (AvgIpc) is 3.32. The van der Waals surface area contributed by atoms with Gasteiger partial charge in [0.25, 0.3) is 0 Å². The van der Waals surface area contributed by atoms with Gasteiger partial charge >= 0.3 is 11.9 Å². The van der Waals surface area contributed by atoms with Crippen molar-refractivity contribution in [2.45, 2.75) is 309 Å². The summed E-state index contributed by atoms with van der Waals surface area (Å²) in [5, 5.41) is 0. The lowest BCUT2D eigenvalue weighted by atomic mass is 10.0. The van der Waals surface area contributed by atoms with Gasteiger partial charge in [-0.25, -0.2) is 0 Å². The maximum Gasteiger partial charge on any atom is 0.306 e. The second-order valence-electron chi connectivity index (χ2n) is 19.5. The number of carbonyl (C=O) groups excluding carboxylic acids is 2. The first-order chi connectivity index (χ1) is 32.6. The van der Waals surface area contributed by atoms with Crippen LogP contribution in [0.1, 0.15) is 303 Å². The molecule has 0 aromatic heterocycles. The van der Waals surface area contributed by atoms with E-state index in [0.717, 1.165) is 70.6 Å². The largest absolute Gasteiger partial charge is 0.462 e. The molecule has 0 N–H and O–H groups in total. The molecule has 0 aromatic rings. The Balaban J connectivity index is 4.24. The fourth-order valence-electron chi connectivity index (χ4n) is 8.45. The summed E-state index contributed by atoms with van der Waals surface area (Å²) < 4.78 is 17.5. The number of rotatable bonds is 54. The monoisotopic (exact) mass is 925 g/mol. The van der Waals surface area contributed by atoms with Gasteiger partial charge in [0.15, 0.2) is 6.10 Å². The predicted octanol–water partition coefficient (Wildman–Crippen LogP) is 19.9. The van der Waals surface area contributed by atoms with Crippen LogP contribution in [0.25, 0.3) is 0 Å². The van der Waals surface area contributed by atoms with Crippen LogP contribution in [0.5, 0.6) is 0 Å². The molecule has 0 aromatic carbocycles. The molecule has 1 atom stereocenters. The van der Waals surface area contributed by atoms with Gasteiger partial charge in [0.05, 0.1) is 6.61 Å². The highest BCUT2D eigenvalue weighted by atomic mass is 16.6. The Morgan fingerprint density at radius 3 is 1.08 bits per heavy atom. The lowest BCUT2D eigenvalue weighted by Gasteiger charge is -2.18. The van der Waals surface area contributed by atoms with Gasteiger partial charge in [-0.2, -0.15) is 0 Å². The van der Waals surface area contributed by atoms with Crippen LogP contribution < -0.4 is 0 Å². The molecule has 0 spiro atoms. The SMILES string of the molecule is CCCCC/C=C\C/C=C\C/C=C\CCCCCCCCC(=O)OCC(COCCCCCCCCCCCCCCCCCCCC)OC(=O)CCCCCCC/C=C\CCCCCC. The van der Waals surface area contributed by atoms with Crippen molar-refractivity contribution in [2.24, 2.45) is 0 Å². The van der Waals surface area contributed by atoms with Crippen LogP contribution in [0.3, 0.4) is 0 Å². The van der Waals surface area contributed by atoms with Crippen molar-refractivity contribution in [1.29, 1.82) is 0 Å². The van der Waals surface area contributed by atoms with E-state index < -0.39 is 6.10 Å². The summed E-state index contributed by atoms with van der Waals surface area (Å²) in [7, 11) is 0. The molecule has 0 rings (SSSR count). The molecule has 0 saturated heterocycles. The molecule has 386 valence electrons. The van der Waals surface area contributed by atoms with Gasteiger partial charge in [0.1, 0.15) is 6.61 Å². The van der Waals surface area contributed by atoms with Gasteiger partial charge in [0, 0.05) is 19.4 Å². The van der Waals surface area contributed by atoms with Crippen molar-refractivity contribution >= 4 is 11.9 Å². The Morgan fingerprint density at radius 1 is 0.333 bits per heavy atom. The standard InChI is InChI=1S/C61H112O5/c1-4-7-10-13-16-19-22-25-27-29-31-32-34-37-39-42-45-48-51-54-60(62)65-58-59(66-61(63)55-52-49-46-43-40-36-24-21-18-15-12-9-6-3)57-64-56-53-50-47-44-41-38-35-33-30-28-26-23-20-17-14-11-8-5-2/h16,19,21,24-25,27,31-32,59H,4-15,17-18,20,22-23,26,28-30,33-58H2,1-3H3/b19-16-,24-21-,27-25-,32-31-. The minimum absolute atomic E-state index is 0.0787. The molecule has 0 heterocycles. The van der Waals surface area contributed by atoms with E-state index in [1.165, 1.54) is 199 Å². The van der Waals surface area contributed by atoms with Crippen LogP contribution in [0.15, 0.2) is 48.6 Å². The number of esters is 2. The summed E-state index contributed by atoms with van der Waals surface area (Å²) in [5.74, 6) is -0.407. The lowest BCUT2D eigenvalue weighted by Crippen LogP contribution is -2.30. The number of hydrogen-bond donors (Lipinski definition) is 0. The Kier molecular flexibility index (Phi) is 55.3. The zero-order chi connectivity index (χ0) is 47.7. The molecule has 0 radical (unpaired) electrons. The van der Waals surface area contributed by atoms with E-state index in [4.69, 9.17) is 14.2 Å². The summed E-state index contributed by atoms with van der Waals surface area (Å²) in [6, 6.07) is 0. The first kappa shape index (κ1) is 63.9. The first-order valence-corrected chi connectivity index (χ1v) is 29.2. The average molecular weight is 926 g/mol.